The van der Waals surface area contributed by atoms with E-state index in [2.05, 4.69) is 11.4 Å². The first-order valence-electron chi connectivity index (χ1n) is 7.25. The fourth-order valence-electron chi connectivity index (χ4n) is 2.56. The van der Waals surface area contributed by atoms with Crippen LogP contribution in [0.25, 0.3) is 5.69 Å². The summed E-state index contributed by atoms with van der Waals surface area (Å²) in [5, 5.41) is 2.96. The van der Waals surface area contributed by atoms with Gasteiger partial charge in [0, 0.05) is 29.3 Å². The van der Waals surface area contributed by atoms with Crippen LogP contribution in [0.5, 0.6) is 0 Å². The van der Waals surface area contributed by atoms with Gasteiger partial charge in [0.25, 0.3) is 5.91 Å². The Kier molecular flexibility index (Phi) is 3.79. The Morgan fingerprint density at radius 1 is 0.909 bits per heavy atom. The molecule has 1 amide bonds. The first-order valence-corrected chi connectivity index (χ1v) is 7.25. The van der Waals surface area contributed by atoms with E-state index < -0.39 is 0 Å². The standard InChI is InChI=1S/C19H18N2O/c1-14-10-15(2)12-17(11-14)20-19(22)16-6-5-7-18(13-16)21-8-3-4-9-21/h3-13H,1-2H3,(H,20,22). The molecular weight excluding hydrogens is 272 g/mol. The van der Waals surface area contributed by atoms with Crippen LogP contribution in [0.2, 0.25) is 0 Å². The lowest BCUT2D eigenvalue weighted by atomic mass is 10.1. The summed E-state index contributed by atoms with van der Waals surface area (Å²) in [5.74, 6) is -0.0981. The second-order valence-electron chi connectivity index (χ2n) is 5.47. The second-order valence-corrected chi connectivity index (χ2v) is 5.47. The Morgan fingerprint density at radius 3 is 2.27 bits per heavy atom. The lowest BCUT2D eigenvalue weighted by molar-refractivity contribution is 0.102. The number of benzene rings is 2. The van der Waals surface area contributed by atoms with E-state index in [9.17, 15) is 4.79 Å². The first-order chi connectivity index (χ1) is 10.6. The number of rotatable bonds is 3. The molecule has 0 aliphatic rings. The quantitative estimate of drug-likeness (QED) is 0.764. The Balaban J connectivity index is 1.85. The van der Waals surface area contributed by atoms with Crippen molar-refractivity contribution in [1.82, 2.24) is 4.57 Å². The fraction of sp³-hybridized carbons (Fsp3) is 0.105. The van der Waals surface area contributed by atoms with Crippen molar-refractivity contribution in [2.75, 3.05) is 5.32 Å². The summed E-state index contributed by atoms with van der Waals surface area (Å²) < 4.78 is 1.98. The van der Waals surface area contributed by atoms with Gasteiger partial charge in [-0.2, -0.15) is 0 Å². The third-order valence-electron chi connectivity index (χ3n) is 3.49. The summed E-state index contributed by atoms with van der Waals surface area (Å²) in [6.07, 6.45) is 3.92. The van der Waals surface area contributed by atoms with Crippen molar-refractivity contribution >= 4 is 11.6 Å². The number of amides is 1. The van der Waals surface area contributed by atoms with Crippen LogP contribution in [-0.4, -0.2) is 10.5 Å². The van der Waals surface area contributed by atoms with Crippen molar-refractivity contribution in [3.8, 4) is 5.69 Å². The van der Waals surface area contributed by atoms with E-state index in [-0.39, 0.29) is 5.91 Å². The monoisotopic (exact) mass is 290 g/mol. The number of hydrogen-bond acceptors (Lipinski definition) is 1. The van der Waals surface area contributed by atoms with E-state index in [0.717, 1.165) is 22.5 Å². The van der Waals surface area contributed by atoms with Crippen molar-refractivity contribution in [2.24, 2.45) is 0 Å². The van der Waals surface area contributed by atoms with Gasteiger partial charge in [-0.05, 0) is 67.4 Å². The van der Waals surface area contributed by atoms with Gasteiger partial charge in [0.05, 0.1) is 0 Å². The number of nitrogens with one attached hydrogen (secondary N) is 1. The van der Waals surface area contributed by atoms with E-state index in [1.165, 1.54) is 0 Å². The Hall–Kier alpha value is -2.81. The summed E-state index contributed by atoms with van der Waals surface area (Å²) in [6.45, 7) is 4.05. The molecule has 110 valence electrons. The number of aryl methyl sites for hydroxylation is 2. The molecule has 1 N–H and O–H groups in total. The summed E-state index contributed by atoms with van der Waals surface area (Å²) in [6, 6.07) is 17.5. The molecule has 0 saturated heterocycles. The minimum absolute atomic E-state index is 0.0981. The van der Waals surface area contributed by atoms with E-state index in [1.807, 2.05) is 79.3 Å². The van der Waals surface area contributed by atoms with Gasteiger partial charge in [-0.25, -0.2) is 0 Å². The van der Waals surface area contributed by atoms with Crippen LogP contribution in [0.1, 0.15) is 21.5 Å². The third-order valence-corrected chi connectivity index (χ3v) is 3.49. The highest BCUT2D eigenvalue weighted by Gasteiger charge is 2.08. The molecule has 0 aliphatic heterocycles. The number of carbonyl (C=O) groups is 1. The highest BCUT2D eigenvalue weighted by atomic mass is 16.1. The van der Waals surface area contributed by atoms with E-state index in [4.69, 9.17) is 0 Å². The molecule has 3 rings (SSSR count). The summed E-state index contributed by atoms with van der Waals surface area (Å²) in [5.41, 5.74) is 4.71. The minimum atomic E-state index is -0.0981. The zero-order chi connectivity index (χ0) is 15.5. The molecule has 0 aliphatic carbocycles. The Morgan fingerprint density at radius 2 is 1.59 bits per heavy atom. The Labute approximate surface area is 130 Å². The summed E-state index contributed by atoms with van der Waals surface area (Å²) in [7, 11) is 0. The molecule has 0 saturated carbocycles. The molecule has 0 atom stereocenters. The maximum absolute atomic E-state index is 12.4. The van der Waals surface area contributed by atoms with Crippen molar-refractivity contribution in [3.05, 3.63) is 83.7 Å². The van der Waals surface area contributed by atoms with E-state index in [1.54, 1.807) is 0 Å². The molecule has 3 aromatic rings. The fourth-order valence-corrected chi connectivity index (χ4v) is 2.56. The van der Waals surface area contributed by atoms with Crippen molar-refractivity contribution in [2.45, 2.75) is 13.8 Å². The van der Waals surface area contributed by atoms with Crippen LogP contribution in [0.3, 0.4) is 0 Å². The summed E-state index contributed by atoms with van der Waals surface area (Å²) in [4.78, 5) is 12.4. The zero-order valence-electron chi connectivity index (χ0n) is 12.7. The highest BCUT2D eigenvalue weighted by molar-refractivity contribution is 6.04. The van der Waals surface area contributed by atoms with E-state index >= 15 is 0 Å². The van der Waals surface area contributed by atoms with Gasteiger partial charge in [0.2, 0.25) is 0 Å². The average Bonchev–Trinajstić information content (AvgIpc) is 3.00. The van der Waals surface area contributed by atoms with Crippen LogP contribution in [0, 0.1) is 13.8 Å². The molecule has 0 unspecified atom stereocenters. The lowest BCUT2D eigenvalue weighted by Crippen LogP contribution is -2.12. The topological polar surface area (TPSA) is 34.0 Å². The van der Waals surface area contributed by atoms with Crippen LogP contribution < -0.4 is 5.32 Å². The maximum atomic E-state index is 12.4. The average molecular weight is 290 g/mol. The Bertz CT molecular complexity index is 784. The second kappa shape index (κ2) is 5.90. The molecule has 1 aromatic heterocycles. The predicted molar refractivity (Wildman–Crippen MR) is 89.6 cm³/mol. The molecule has 22 heavy (non-hydrogen) atoms. The number of nitrogens with zero attached hydrogens (tertiary/aromatic N) is 1. The van der Waals surface area contributed by atoms with Crippen molar-refractivity contribution in [1.29, 1.82) is 0 Å². The van der Waals surface area contributed by atoms with Gasteiger partial charge in [-0.3, -0.25) is 4.79 Å². The smallest absolute Gasteiger partial charge is 0.255 e. The largest absolute Gasteiger partial charge is 0.324 e. The van der Waals surface area contributed by atoms with Crippen LogP contribution >= 0.6 is 0 Å². The number of aromatic nitrogens is 1. The number of hydrogen-bond donors (Lipinski definition) is 1. The molecule has 0 radical (unpaired) electrons. The summed E-state index contributed by atoms with van der Waals surface area (Å²) >= 11 is 0. The lowest BCUT2D eigenvalue weighted by Gasteiger charge is -2.09. The van der Waals surface area contributed by atoms with Crippen molar-refractivity contribution in [3.63, 3.8) is 0 Å². The SMILES string of the molecule is Cc1cc(C)cc(NC(=O)c2cccc(-n3cccc3)c2)c1. The molecule has 1 heterocycles. The molecule has 0 fully saturated rings. The van der Waals surface area contributed by atoms with Crippen LogP contribution in [0.15, 0.2) is 67.0 Å². The minimum Gasteiger partial charge on any atom is -0.324 e. The molecular formula is C19H18N2O. The third kappa shape index (κ3) is 3.09. The van der Waals surface area contributed by atoms with Crippen LogP contribution in [-0.2, 0) is 0 Å². The molecule has 3 heteroatoms. The molecule has 3 nitrogen and oxygen atoms in total. The van der Waals surface area contributed by atoms with Crippen LogP contribution in [0.4, 0.5) is 5.69 Å². The van der Waals surface area contributed by atoms with Crippen molar-refractivity contribution < 1.29 is 4.79 Å². The van der Waals surface area contributed by atoms with Gasteiger partial charge in [0.15, 0.2) is 0 Å². The molecule has 2 aromatic carbocycles. The molecule has 0 spiro atoms. The molecule has 0 bridgehead atoms. The maximum Gasteiger partial charge on any atom is 0.255 e. The number of carbonyl (C=O) groups excluding carboxylic acids is 1. The van der Waals surface area contributed by atoms with Gasteiger partial charge >= 0.3 is 0 Å². The van der Waals surface area contributed by atoms with E-state index in [0.29, 0.717) is 5.56 Å². The van der Waals surface area contributed by atoms with Gasteiger partial charge in [-0.1, -0.05) is 12.1 Å². The van der Waals surface area contributed by atoms with Gasteiger partial charge in [0.1, 0.15) is 0 Å². The first kappa shape index (κ1) is 14.1. The van der Waals surface area contributed by atoms with Gasteiger partial charge in [-0.15, -0.1) is 0 Å². The normalized spacial score (nSPS) is 10.5. The van der Waals surface area contributed by atoms with Gasteiger partial charge < -0.3 is 9.88 Å². The predicted octanol–water partition coefficient (Wildman–Crippen LogP) is 4.35. The zero-order valence-corrected chi connectivity index (χ0v) is 12.7. The highest BCUT2D eigenvalue weighted by Crippen LogP contribution is 2.16. The number of anilines is 1.